The van der Waals surface area contributed by atoms with Gasteiger partial charge in [0.15, 0.2) is 0 Å². The molecule has 0 radical (unpaired) electrons. The standard InChI is InChI=1S/C27H26F3N3O/c28-27(29,30)22-8-2-6-19(15-22)23-11-10-17-4-3-9-24(25(17)32-23)33-26(34)20-7-1-5-18(14-20)21-12-13-31-16-21/h1-2,5-8,10-11,14-15,21,24,31H,3-4,9,12-13,16H2,(H,33,34). The van der Waals surface area contributed by atoms with Gasteiger partial charge >= 0.3 is 6.18 Å². The number of aryl methyl sites for hydroxylation is 1. The Bertz CT molecular complexity index is 1200. The number of carbonyl (C=O) groups is 1. The molecule has 0 spiro atoms. The Morgan fingerprint density at radius 2 is 1.88 bits per heavy atom. The van der Waals surface area contributed by atoms with Gasteiger partial charge in [-0.2, -0.15) is 13.2 Å². The number of nitrogens with zero attached hydrogens (tertiary/aromatic N) is 1. The lowest BCUT2D eigenvalue weighted by Gasteiger charge is -2.26. The van der Waals surface area contributed by atoms with E-state index in [1.165, 1.54) is 6.07 Å². The summed E-state index contributed by atoms with van der Waals surface area (Å²) in [6, 6.07) is 16.4. The summed E-state index contributed by atoms with van der Waals surface area (Å²) in [5, 5.41) is 6.48. The van der Waals surface area contributed by atoms with Crippen molar-refractivity contribution in [1.29, 1.82) is 0 Å². The second kappa shape index (κ2) is 9.22. The number of aromatic nitrogens is 1. The maximum absolute atomic E-state index is 13.2. The molecule has 4 nitrogen and oxygen atoms in total. The van der Waals surface area contributed by atoms with Crippen LogP contribution >= 0.6 is 0 Å². The quantitative estimate of drug-likeness (QED) is 0.524. The van der Waals surface area contributed by atoms with E-state index in [1.54, 1.807) is 12.1 Å². The number of benzene rings is 2. The van der Waals surface area contributed by atoms with Gasteiger partial charge in [-0.1, -0.05) is 30.3 Å². The molecule has 2 N–H and O–H groups in total. The van der Waals surface area contributed by atoms with Gasteiger partial charge < -0.3 is 10.6 Å². The van der Waals surface area contributed by atoms with E-state index in [4.69, 9.17) is 4.98 Å². The molecule has 2 heterocycles. The Morgan fingerprint density at radius 1 is 1.03 bits per heavy atom. The molecule has 1 aliphatic heterocycles. The minimum Gasteiger partial charge on any atom is -0.344 e. The minimum absolute atomic E-state index is 0.156. The van der Waals surface area contributed by atoms with E-state index in [0.29, 0.717) is 22.7 Å². The third-order valence-electron chi connectivity index (χ3n) is 6.75. The van der Waals surface area contributed by atoms with Crippen LogP contribution in [-0.2, 0) is 12.6 Å². The van der Waals surface area contributed by atoms with Crippen LogP contribution in [0.2, 0.25) is 0 Å². The van der Waals surface area contributed by atoms with Gasteiger partial charge in [0, 0.05) is 17.7 Å². The Labute approximate surface area is 196 Å². The lowest BCUT2D eigenvalue weighted by atomic mass is 9.90. The SMILES string of the molecule is O=C(NC1CCCc2ccc(-c3cccc(C(F)(F)F)c3)nc21)c1cccc(C2CCNC2)c1. The van der Waals surface area contributed by atoms with Crippen molar-refractivity contribution < 1.29 is 18.0 Å². The summed E-state index contributed by atoms with van der Waals surface area (Å²) in [4.78, 5) is 17.8. The highest BCUT2D eigenvalue weighted by molar-refractivity contribution is 5.94. The van der Waals surface area contributed by atoms with Crippen molar-refractivity contribution in [3.05, 3.63) is 88.6 Å². The number of hydrogen-bond donors (Lipinski definition) is 2. The number of nitrogens with one attached hydrogen (secondary N) is 2. The first-order valence-corrected chi connectivity index (χ1v) is 11.7. The molecule has 0 bridgehead atoms. The second-order valence-electron chi connectivity index (χ2n) is 9.05. The molecule has 176 valence electrons. The highest BCUT2D eigenvalue weighted by atomic mass is 19.4. The summed E-state index contributed by atoms with van der Waals surface area (Å²) in [6.07, 6.45) is -0.866. The van der Waals surface area contributed by atoms with E-state index in [9.17, 15) is 18.0 Å². The van der Waals surface area contributed by atoms with Gasteiger partial charge in [-0.25, -0.2) is 0 Å². The van der Waals surface area contributed by atoms with Crippen molar-refractivity contribution in [2.75, 3.05) is 13.1 Å². The Kier molecular flexibility index (Phi) is 6.13. The molecular formula is C27H26F3N3O. The molecule has 2 atom stereocenters. The van der Waals surface area contributed by atoms with Crippen molar-refractivity contribution >= 4 is 5.91 Å². The summed E-state index contributed by atoms with van der Waals surface area (Å²) in [6.45, 7) is 1.91. The number of amides is 1. The maximum atomic E-state index is 13.2. The number of rotatable bonds is 4. The van der Waals surface area contributed by atoms with E-state index < -0.39 is 11.7 Å². The van der Waals surface area contributed by atoms with Crippen LogP contribution in [0.3, 0.4) is 0 Å². The molecule has 7 heteroatoms. The molecule has 0 saturated carbocycles. The smallest absolute Gasteiger partial charge is 0.344 e. The fourth-order valence-electron chi connectivity index (χ4n) is 4.92. The predicted octanol–water partition coefficient (Wildman–Crippen LogP) is 5.65. The first-order chi connectivity index (χ1) is 16.4. The summed E-state index contributed by atoms with van der Waals surface area (Å²) in [7, 11) is 0. The molecule has 1 saturated heterocycles. The third kappa shape index (κ3) is 4.71. The van der Waals surface area contributed by atoms with Crippen LogP contribution in [0.25, 0.3) is 11.3 Å². The number of alkyl halides is 3. The van der Waals surface area contributed by atoms with Crippen molar-refractivity contribution in [1.82, 2.24) is 15.6 Å². The zero-order valence-corrected chi connectivity index (χ0v) is 18.7. The Hall–Kier alpha value is -3.19. The monoisotopic (exact) mass is 465 g/mol. The highest BCUT2D eigenvalue weighted by Gasteiger charge is 2.31. The van der Waals surface area contributed by atoms with Crippen LogP contribution in [0, 0.1) is 0 Å². The van der Waals surface area contributed by atoms with Crippen molar-refractivity contribution in [2.45, 2.75) is 43.8 Å². The molecule has 1 aliphatic carbocycles. The number of fused-ring (bicyclic) bond motifs is 1. The van der Waals surface area contributed by atoms with Gasteiger partial charge in [0.1, 0.15) is 0 Å². The molecule has 1 amide bonds. The topological polar surface area (TPSA) is 54.0 Å². The molecule has 3 aromatic rings. The van der Waals surface area contributed by atoms with Gasteiger partial charge in [-0.15, -0.1) is 0 Å². The fraction of sp³-hybridized carbons (Fsp3) is 0.333. The van der Waals surface area contributed by atoms with Crippen molar-refractivity contribution in [3.8, 4) is 11.3 Å². The van der Waals surface area contributed by atoms with Crippen molar-refractivity contribution in [3.63, 3.8) is 0 Å². The van der Waals surface area contributed by atoms with E-state index in [1.807, 2.05) is 24.3 Å². The maximum Gasteiger partial charge on any atom is 0.416 e. The number of pyridine rings is 1. The van der Waals surface area contributed by atoms with Gasteiger partial charge in [0.2, 0.25) is 0 Å². The van der Waals surface area contributed by atoms with E-state index in [-0.39, 0.29) is 11.9 Å². The van der Waals surface area contributed by atoms with Crippen LogP contribution in [0.1, 0.15) is 64.0 Å². The predicted molar refractivity (Wildman–Crippen MR) is 124 cm³/mol. The first kappa shape index (κ1) is 22.6. The highest BCUT2D eigenvalue weighted by Crippen LogP contribution is 2.34. The van der Waals surface area contributed by atoms with E-state index in [2.05, 4.69) is 16.7 Å². The largest absolute Gasteiger partial charge is 0.416 e. The number of halogens is 3. The lowest BCUT2D eigenvalue weighted by Crippen LogP contribution is -2.32. The molecule has 34 heavy (non-hydrogen) atoms. The molecule has 5 rings (SSSR count). The first-order valence-electron chi connectivity index (χ1n) is 11.7. The zero-order valence-electron chi connectivity index (χ0n) is 18.7. The van der Waals surface area contributed by atoms with Crippen LogP contribution in [0.15, 0.2) is 60.7 Å². The van der Waals surface area contributed by atoms with Crippen LogP contribution in [0.5, 0.6) is 0 Å². The number of hydrogen-bond acceptors (Lipinski definition) is 3. The molecule has 1 aromatic heterocycles. The molecule has 1 fully saturated rings. The minimum atomic E-state index is -4.41. The van der Waals surface area contributed by atoms with E-state index >= 15 is 0 Å². The lowest BCUT2D eigenvalue weighted by molar-refractivity contribution is -0.137. The van der Waals surface area contributed by atoms with Crippen molar-refractivity contribution in [2.24, 2.45) is 0 Å². The fourth-order valence-corrected chi connectivity index (χ4v) is 4.92. The number of carbonyl (C=O) groups excluding carboxylic acids is 1. The van der Waals surface area contributed by atoms with Gasteiger partial charge in [0.25, 0.3) is 5.91 Å². The molecule has 2 unspecified atom stereocenters. The van der Waals surface area contributed by atoms with Crippen LogP contribution in [-0.4, -0.2) is 24.0 Å². The van der Waals surface area contributed by atoms with Crippen LogP contribution in [0.4, 0.5) is 13.2 Å². The zero-order chi connectivity index (χ0) is 23.7. The average Bonchev–Trinajstić information content (AvgIpc) is 3.39. The van der Waals surface area contributed by atoms with Gasteiger partial charge in [-0.05, 0) is 79.6 Å². The summed E-state index contributed by atoms with van der Waals surface area (Å²) < 4.78 is 39.5. The van der Waals surface area contributed by atoms with Crippen LogP contribution < -0.4 is 10.6 Å². The second-order valence-corrected chi connectivity index (χ2v) is 9.05. The average molecular weight is 466 g/mol. The summed E-state index contributed by atoms with van der Waals surface area (Å²) >= 11 is 0. The molecule has 2 aromatic carbocycles. The summed E-state index contributed by atoms with van der Waals surface area (Å²) in [5.74, 6) is 0.261. The Balaban J connectivity index is 1.40. The van der Waals surface area contributed by atoms with Gasteiger partial charge in [-0.3, -0.25) is 9.78 Å². The molecular weight excluding hydrogens is 439 g/mol. The summed E-state index contributed by atoms with van der Waals surface area (Å²) in [5.41, 5.74) is 3.72. The normalized spacial score (nSPS) is 20.1. The Morgan fingerprint density at radius 3 is 2.68 bits per heavy atom. The molecule has 2 aliphatic rings. The van der Waals surface area contributed by atoms with Gasteiger partial charge in [0.05, 0.1) is 23.0 Å². The third-order valence-corrected chi connectivity index (χ3v) is 6.75. The van der Waals surface area contributed by atoms with E-state index in [0.717, 1.165) is 67.7 Å².